The monoisotopic (exact) mass is 455 g/mol. The second-order valence-electron chi connectivity index (χ2n) is 5.83. The van der Waals surface area contributed by atoms with E-state index >= 15 is 0 Å². The Bertz CT molecular complexity index is 1190. The van der Waals surface area contributed by atoms with E-state index in [-0.39, 0.29) is 15.8 Å². The molecule has 152 valence electrons. The summed E-state index contributed by atoms with van der Waals surface area (Å²) in [5.41, 5.74) is 0.767. The standard InChI is InChI=1S/C16H14FN5O4S3/c1-8-6-11(18-13(23)9-4-3-5-10(17)7-9)27-12(8)14(24)19-15-20-21-16(28-15)22-29(2,25)26/h3-7H,1-2H3,(H,18,23)(H,21,22)(H,19,20,24). The van der Waals surface area contributed by atoms with Gasteiger partial charge in [-0.2, -0.15) is 0 Å². The van der Waals surface area contributed by atoms with E-state index in [4.69, 9.17) is 0 Å². The number of thiophene rings is 1. The summed E-state index contributed by atoms with van der Waals surface area (Å²) in [6.45, 7) is 1.69. The van der Waals surface area contributed by atoms with Crippen molar-refractivity contribution in [3.63, 3.8) is 0 Å². The highest BCUT2D eigenvalue weighted by molar-refractivity contribution is 7.92. The van der Waals surface area contributed by atoms with Gasteiger partial charge in [0.15, 0.2) is 0 Å². The predicted octanol–water partition coefficient (Wildman–Crippen LogP) is 2.92. The lowest BCUT2D eigenvalue weighted by atomic mass is 10.2. The lowest BCUT2D eigenvalue weighted by Crippen LogP contribution is -2.11. The summed E-state index contributed by atoms with van der Waals surface area (Å²) in [7, 11) is -3.50. The Morgan fingerprint density at radius 3 is 2.45 bits per heavy atom. The van der Waals surface area contributed by atoms with Crippen molar-refractivity contribution >= 4 is 59.8 Å². The summed E-state index contributed by atoms with van der Waals surface area (Å²) in [6, 6.07) is 6.87. The molecule has 3 N–H and O–H groups in total. The van der Waals surface area contributed by atoms with Crippen LogP contribution in [0.3, 0.4) is 0 Å². The number of benzene rings is 1. The molecule has 0 saturated carbocycles. The zero-order chi connectivity index (χ0) is 21.2. The van der Waals surface area contributed by atoms with Gasteiger partial charge >= 0.3 is 0 Å². The number of aryl methyl sites for hydroxylation is 1. The van der Waals surface area contributed by atoms with Gasteiger partial charge in [-0.1, -0.05) is 17.4 Å². The number of sulfonamides is 1. The molecule has 0 fully saturated rings. The fraction of sp³-hybridized carbons (Fsp3) is 0.125. The molecule has 0 unspecified atom stereocenters. The Kier molecular flexibility index (Phi) is 5.91. The summed E-state index contributed by atoms with van der Waals surface area (Å²) in [5, 5.41) is 13.0. The van der Waals surface area contributed by atoms with Crippen LogP contribution in [0.15, 0.2) is 30.3 Å². The maximum atomic E-state index is 13.3. The number of halogens is 1. The summed E-state index contributed by atoms with van der Waals surface area (Å²) < 4.78 is 37.8. The number of carbonyl (C=O) groups is 2. The average molecular weight is 456 g/mol. The first-order valence-corrected chi connectivity index (χ1v) is 11.4. The molecule has 2 aromatic heterocycles. The fourth-order valence-electron chi connectivity index (χ4n) is 2.21. The molecule has 3 rings (SSSR count). The molecule has 0 aliphatic carbocycles. The summed E-state index contributed by atoms with van der Waals surface area (Å²) in [5.74, 6) is -1.51. The third kappa shape index (κ3) is 5.56. The van der Waals surface area contributed by atoms with Crippen molar-refractivity contribution in [2.75, 3.05) is 21.6 Å². The fourth-order valence-corrected chi connectivity index (χ4v) is 4.64. The van der Waals surface area contributed by atoms with E-state index in [9.17, 15) is 22.4 Å². The number of hydrogen-bond acceptors (Lipinski definition) is 8. The van der Waals surface area contributed by atoms with Gasteiger partial charge in [-0.15, -0.1) is 21.5 Å². The molecule has 0 spiro atoms. The normalized spacial score (nSPS) is 11.1. The van der Waals surface area contributed by atoms with Gasteiger partial charge in [-0.25, -0.2) is 12.8 Å². The molecule has 0 bridgehead atoms. The molecule has 0 aliphatic heterocycles. The van der Waals surface area contributed by atoms with Crippen LogP contribution in [-0.4, -0.2) is 36.7 Å². The third-order valence-corrected chi connectivity index (χ3v) is 5.96. The lowest BCUT2D eigenvalue weighted by molar-refractivity contribution is 0.101. The maximum absolute atomic E-state index is 13.3. The van der Waals surface area contributed by atoms with Crippen LogP contribution in [0.25, 0.3) is 0 Å². The molecule has 0 saturated heterocycles. The minimum atomic E-state index is -3.50. The van der Waals surface area contributed by atoms with E-state index in [1.807, 2.05) is 0 Å². The number of nitrogens with one attached hydrogen (secondary N) is 3. The van der Waals surface area contributed by atoms with Crippen molar-refractivity contribution in [2.24, 2.45) is 0 Å². The van der Waals surface area contributed by atoms with E-state index < -0.39 is 27.7 Å². The van der Waals surface area contributed by atoms with Crippen LogP contribution in [0, 0.1) is 12.7 Å². The van der Waals surface area contributed by atoms with Gasteiger partial charge < -0.3 is 5.32 Å². The number of anilines is 3. The largest absolute Gasteiger partial charge is 0.314 e. The first-order chi connectivity index (χ1) is 13.6. The molecular formula is C16H14FN5O4S3. The molecule has 0 radical (unpaired) electrons. The van der Waals surface area contributed by atoms with E-state index in [2.05, 4.69) is 25.6 Å². The molecule has 29 heavy (non-hydrogen) atoms. The van der Waals surface area contributed by atoms with Gasteiger partial charge in [0.1, 0.15) is 5.82 Å². The Morgan fingerprint density at radius 2 is 1.76 bits per heavy atom. The van der Waals surface area contributed by atoms with Crippen LogP contribution < -0.4 is 15.4 Å². The minimum absolute atomic E-state index is 0.0220. The first kappa shape index (κ1) is 20.8. The number of hydrogen-bond donors (Lipinski definition) is 3. The number of aromatic nitrogens is 2. The van der Waals surface area contributed by atoms with Crippen molar-refractivity contribution in [3.05, 3.63) is 52.2 Å². The Hall–Kier alpha value is -2.90. The van der Waals surface area contributed by atoms with Crippen LogP contribution >= 0.6 is 22.7 Å². The van der Waals surface area contributed by atoms with Gasteiger partial charge in [0.2, 0.25) is 20.3 Å². The highest BCUT2D eigenvalue weighted by Gasteiger charge is 2.18. The number of carbonyl (C=O) groups excluding carboxylic acids is 2. The smallest absolute Gasteiger partial charge is 0.267 e. The average Bonchev–Trinajstić information content (AvgIpc) is 3.19. The summed E-state index contributed by atoms with van der Waals surface area (Å²) >= 11 is 1.90. The van der Waals surface area contributed by atoms with Crippen LogP contribution in [0.2, 0.25) is 0 Å². The molecular weight excluding hydrogens is 441 g/mol. The van der Waals surface area contributed by atoms with E-state index in [1.165, 1.54) is 18.2 Å². The van der Waals surface area contributed by atoms with Gasteiger partial charge in [-0.3, -0.25) is 19.6 Å². The van der Waals surface area contributed by atoms with Crippen molar-refractivity contribution in [3.8, 4) is 0 Å². The molecule has 3 aromatic rings. The van der Waals surface area contributed by atoms with Crippen LogP contribution in [0.4, 0.5) is 19.7 Å². The molecule has 0 atom stereocenters. The number of amides is 2. The van der Waals surface area contributed by atoms with Gasteiger partial charge in [0, 0.05) is 5.56 Å². The Balaban J connectivity index is 1.69. The van der Waals surface area contributed by atoms with Crippen LogP contribution in [-0.2, 0) is 10.0 Å². The highest BCUT2D eigenvalue weighted by atomic mass is 32.2. The van der Waals surface area contributed by atoms with Gasteiger partial charge in [0.05, 0.1) is 16.1 Å². The summed E-state index contributed by atoms with van der Waals surface area (Å²) in [4.78, 5) is 25.0. The molecule has 2 heterocycles. The Labute approximate surface area is 173 Å². The number of nitrogens with zero attached hydrogens (tertiary/aromatic N) is 2. The van der Waals surface area contributed by atoms with Crippen molar-refractivity contribution in [2.45, 2.75) is 6.92 Å². The minimum Gasteiger partial charge on any atom is -0.314 e. The molecule has 9 nitrogen and oxygen atoms in total. The zero-order valence-electron chi connectivity index (χ0n) is 15.0. The van der Waals surface area contributed by atoms with E-state index in [0.717, 1.165) is 35.0 Å². The van der Waals surface area contributed by atoms with Crippen LogP contribution in [0.5, 0.6) is 0 Å². The van der Waals surface area contributed by atoms with E-state index in [0.29, 0.717) is 15.4 Å². The topological polar surface area (TPSA) is 130 Å². The molecule has 13 heteroatoms. The Morgan fingerprint density at radius 1 is 1.03 bits per heavy atom. The maximum Gasteiger partial charge on any atom is 0.267 e. The van der Waals surface area contributed by atoms with E-state index in [1.54, 1.807) is 13.0 Å². The zero-order valence-corrected chi connectivity index (χ0v) is 17.5. The highest BCUT2D eigenvalue weighted by Crippen LogP contribution is 2.29. The number of rotatable bonds is 6. The van der Waals surface area contributed by atoms with Crippen molar-refractivity contribution in [1.29, 1.82) is 0 Å². The first-order valence-electron chi connectivity index (χ1n) is 7.91. The summed E-state index contributed by atoms with van der Waals surface area (Å²) in [6.07, 6.45) is 0.974. The van der Waals surface area contributed by atoms with Crippen molar-refractivity contribution < 1.29 is 22.4 Å². The molecule has 0 aliphatic rings. The quantitative estimate of drug-likeness (QED) is 0.524. The molecule has 1 aromatic carbocycles. The second-order valence-corrected chi connectivity index (χ2v) is 9.61. The second kappa shape index (κ2) is 8.23. The van der Waals surface area contributed by atoms with Gasteiger partial charge in [-0.05, 0) is 36.8 Å². The molecule has 2 amide bonds. The lowest BCUT2D eigenvalue weighted by Gasteiger charge is -2.02. The van der Waals surface area contributed by atoms with Crippen molar-refractivity contribution in [1.82, 2.24) is 10.2 Å². The predicted molar refractivity (Wildman–Crippen MR) is 110 cm³/mol. The van der Waals surface area contributed by atoms with Gasteiger partial charge in [0.25, 0.3) is 11.8 Å². The third-order valence-electron chi connectivity index (χ3n) is 3.37. The van der Waals surface area contributed by atoms with Crippen LogP contribution in [0.1, 0.15) is 25.6 Å². The SMILES string of the molecule is Cc1cc(NC(=O)c2cccc(F)c2)sc1C(=O)Nc1nnc(NS(C)(=O)=O)s1.